The van der Waals surface area contributed by atoms with Crippen molar-refractivity contribution in [3.8, 4) is 0 Å². The van der Waals surface area contributed by atoms with Gasteiger partial charge in [0, 0.05) is 10.6 Å². The molecule has 7 heteroatoms. The van der Waals surface area contributed by atoms with Gasteiger partial charge in [0.2, 0.25) is 0 Å². The number of allylic oxidation sites excluding steroid dienone is 1. The molecule has 0 saturated heterocycles. The third-order valence-electron chi connectivity index (χ3n) is 5.23. The molecule has 4 aromatic rings. The maximum atomic E-state index is 13.5. The van der Waals surface area contributed by atoms with Gasteiger partial charge in [-0.25, -0.2) is 4.99 Å². The van der Waals surface area contributed by atoms with Crippen LogP contribution in [-0.2, 0) is 4.79 Å². The third kappa shape index (κ3) is 3.77. The van der Waals surface area contributed by atoms with E-state index in [1.807, 2.05) is 91.2 Å². The molecular weight excluding hydrogens is 438 g/mol. The van der Waals surface area contributed by atoms with Crippen LogP contribution in [0.3, 0.4) is 0 Å². The third-order valence-corrected chi connectivity index (χ3v) is 7.03. The number of fused-ring (bicyclic) bond motifs is 1. The molecule has 2 aromatic carbocycles. The fraction of sp³-hybridized carbons (Fsp3) is 0.0800. The van der Waals surface area contributed by atoms with Gasteiger partial charge in [-0.15, -0.1) is 11.3 Å². The topological polar surface area (TPSA) is 63.5 Å². The van der Waals surface area contributed by atoms with Crippen LogP contribution >= 0.6 is 22.7 Å². The average molecular weight is 458 g/mol. The molecule has 32 heavy (non-hydrogen) atoms. The molecule has 0 bridgehead atoms. The second-order valence-corrected chi connectivity index (χ2v) is 9.32. The molecule has 0 fully saturated rings. The summed E-state index contributed by atoms with van der Waals surface area (Å²) < 4.78 is 2.25. The van der Waals surface area contributed by atoms with Crippen molar-refractivity contribution in [1.82, 2.24) is 4.57 Å². The van der Waals surface area contributed by atoms with Gasteiger partial charge in [-0.1, -0.05) is 65.9 Å². The van der Waals surface area contributed by atoms with E-state index in [9.17, 15) is 9.59 Å². The first-order chi connectivity index (χ1) is 15.6. The highest BCUT2D eigenvalue weighted by molar-refractivity contribution is 7.11. The lowest BCUT2D eigenvalue weighted by molar-refractivity contribution is -0.113. The van der Waals surface area contributed by atoms with E-state index in [0.717, 1.165) is 10.4 Å². The van der Waals surface area contributed by atoms with Gasteiger partial charge in [0.25, 0.3) is 11.5 Å². The molecule has 0 aliphatic carbocycles. The summed E-state index contributed by atoms with van der Waals surface area (Å²) in [5, 5.41) is 4.94. The Kier molecular flexibility index (Phi) is 5.43. The molecule has 0 saturated carbocycles. The average Bonchev–Trinajstić information content (AvgIpc) is 3.42. The summed E-state index contributed by atoms with van der Waals surface area (Å²) in [6.45, 7) is 1.83. The van der Waals surface area contributed by atoms with Crippen molar-refractivity contribution in [2.24, 2.45) is 4.99 Å². The lowest BCUT2D eigenvalue weighted by atomic mass is 9.95. The van der Waals surface area contributed by atoms with Crippen molar-refractivity contribution < 1.29 is 4.79 Å². The zero-order chi connectivity index (χ0) is 22.1. The summed E-state index contributed by atoms with van der Waals surface area (Å²) in [6.07, 6.45) is 1.89. The first-order valence-corrected chi connectivity index (χ1v) is 11.8. The number of anilines is 1. The number of hydrogen-bond acceptors (Lipinski definition) is 5. The van der Waals surface area contributed by atoms with Gasteiger partial charge < -0.3 is 5.32 Å². The van der Waals surface area contributed by atoms with E-state index in [1.54, 1.807) is 15.9 Å². The number of rotatable bonds is 4. The second kappa shape index (κ2) is 8.53. The number of nitrogens with zero attached hydrogens (tertiary/aromatic N) is 2. The van der Waals surface area contributed by atoms with Crippen LogP contribution in [0.4, 0.5) is 5.69 Å². The van der Waals surface area contributed by atoms with Gasteiger partial charge in [0.05, 0.1) is 21.8 Å². The molecule has 158 valence electrons. The van der Waals surface area contributed by atoms with Gasteiger partial charge in [-0.05, 0) is 42.1 Å². The van der Waals surface area contributed by atoms with E-state index in [1.165, 1.54) is 11.3 Å². The van der Waals surface area contributed by atoms with E-state index in [2.05, 4.69) is 10.3 Å². The van der Waals surface area contributed by atoms with E-state index in [-0.39, 0.29) is 11.5 Å². The van der Waals surface area contributed by atoms with Crippen molar-refractivity contribution in [2.75, 3.05) is 5.32 Å². The molecule has 2 aromatic heterocycles. The zero-order valence-electron chi connectivity index (χ0n) is 17.2. The first-order valence-electron chi connectivity index (χ1n) is 10.1. The van der Waals surface area contributed by atoms with E-state index in [0.29, 0.717) is 26.3 Å². The Hall–Kier alpha value is -3.55. The Morgan fingerprint density at radius 1 is 1.03 bits per heavy atom. The molecule has 1 aliphatic rings. The molecule has 0 radical (unpaired) electrons. The molecule has 1 atom stereocenters. The van der Waals surface area contributed by atoms with Crippen LogP contribution in [0.2, 0.25) is 0 Å². The first kappa shape index (κ1) is 20.4. The zero-order valence-corrected chi connectivity index (χ0v) is 18.8. The lowest BCUT2D eigenvalue weighted by Gasteiger charge is -2.25. The van der Waals surface area contributed by atoms with E-state index < -0.39 is 6.04 Å². The number of carbonyl (C=O) groups excluding carboxylic acids is 1. The summed E-state index contributed by atoms with van der Waals surface area (Å²) in [4.78, 5) is 33.1. The number of amides is 1. The minimum absolute atomic E-state index is 0.145. The predicted molar refractivity (Wildman–Crippen MR) is 130 cm³/mol. The van der Waals surface area contributed by atoms with Crippen LogP contribution in [-0.4, -0.2) is 10.5 Å². The Balaban J connectivity index is 1.68. The summed E-state index contributed by atoms with van der Waals surface area (Å²) in [5.41, 5.74) is 2.49. The van der Waals surface area contributed by atoms with Gasteiger partial charge in [0.1, 0.15) is 0 Å². The number of carbonyl (C=O) groups is 1. The van der Waals surface area contributed by atoms with Crippen LogP contribution in [0.15, 0.2) is 99.2 Å². The van der Waals surface area contributed by atoms with Gasteiger partial charge in [-0.3, -0.25) is 14.2 Å². The number of thiazole rings is 1. The summed E-state index contributed by atoms with van der Waals surface area (Å²) in [6, 6.07) is 22.3. The van der Waals surface area contributed by atoms with E-state index in [4.69, 9.17) is 0 Å². The van der Waals surface area contributed by atoms with E-state index >= 15 is 0 Å². The van der Waals surface area contributed by atoms with Gasteiger partial charge in [-0.2, -0.15) is 0 Å². The molecule has 1 aliphatic heterocycles. The van der Waals surface area contributed by atoms with Crippen LogP contribution in [0.1, 0.15) is 23.4 Å². The highest BCUT2D eigenvalue weighted by Crippen LogP contribution is 2.30. The van der Waals surface area contributed by atoms with Crippen molar-refractivity contribution in [3.05, 3.63) is 120 Å². The Labute approximate surface area is 192 Å². The number of thiophene rings is 1. The Morgan fingerprint density at radius 3 is 2.44 bits per heavy atom. The largest absolute Gasteiger partial charge is 0.322 e. The molecule has 1 unspecified atom stereocenters. The van der Waals surface area contributed by atoms with Crippen molar-refractivity contribution >= 4 is 40.3 Å². The maximum absolute atomic E-state index is 13.5. The molecule has 5 rings (SSSR count). The SMILES string of the molecule is CC1=C(C(=O)Nc2ccccc2)C(c2ccccc2)n2c(s/c(=C/c3cccs3)c2=O)=N1. The molecule has 1 N–H and O–H groups in total. The van der Waals surface area contributed by atoms with Crippen molar-refractivity contribution in [2.45, 2.75) is 13.0 Å². The summed E-state index contributed by atoms with van der Waals surface area (Å²) in [7, 11) is 0. The Morgan fingerprint density at radius 2 is 1.75 bits per heavy atom. The van der Waals surface area contributed by atoms with Crippen LogP contribution in [0.25, 0.3) is 6.08 Å². The number of aromatic nitrogens is 1. The Bertz CT molecular complexity index is 1480. The second-order valence-electron chi connectivity index (χ2n) is 7.33. The van der Waals surface area contributed by atoms with Crippen molar-refractivity contribution in [3.63, 3.8) is 0 Å². The number of nitrogens with one attached hydrogen (secondary N) is 1. The lowest BCUT2D eigenvalue weighted by Crippen LogP contribution is -2.40. The quantitative estimate of drug-likeness (QED) is 0.505. The fourth-order valence-corrected chi connectivity index (χ4v) is 5.55. The van der Waals surface area contributed by atoms with Gasteiger partial charge >= 0.3 is 0 Å². The van der Waals surface area contributed by atoms with Gasteiger partial charge in [0.15, 0.2) is 4.80 Å². The fourth-order valence-electron chi connectivity index (χ4n) is 3.79. The molecule has 3 heterocycles. The highest BCUT2D eigenvalue weighted by Gasteiger charge is 2.32. The van der Waals surface area contributed by atoms with Crippen molar-refractivity contribution in [1.29, 1.82) is 0 Å². The summed E-state index contributed by atoms with van der Waals surface area (Å²) in [5.74, 6) is -0.265. The minimum Gasteiger partial charge on any atom is -0.322 e. The standard InChI is InChI=1S/C25H19N3O2S2/c1-16-21(23(29)27-18-11-6-3-7-12-18)22(17-9-4-2-5-10-17)28-24(30)20(32-25(28)26-16)15-19-13-8-14-31-19/h2-15,22H,1H3,(H,27,29)/b20-15+. The normalized spacial score (nSPS) is 15.9. The minimum atomic E-state index is -0.554. The van der Waals surface area contributed by atoms with Crippen LogP contribution in [0.5, 0.6) is 0 Å². The molecular formula is C25H19N3O2S2. The highest BCUT2D eigenvalue weighted by atomic mass is 32.1. The number of hydrogen-bond donors (Lipinski definition) is 1. The van der Waals surface area contributed by atoms with Crippen LogP contribution in [0, 0.1) is 0 Å². The molecule has 5 nitrogen and oxygen atoms in total. The monoisotopic (exact) mass is 457 g/mol. The maximum Gasteiger partial charge on any atom is 0.271 e. The predicted octanol–water partition coefficient (Wildman–Crippen LogP) is 3.94. The molecule has 0 spiro atoms. The number of para-hydroxylation sites is 1. The van der Waals surface area contributed by atoms with Crippen LogP contribution < -0.4 is 20.2 Å². The molecule has 1 amide bonds. The smallest absolute Gasteiger partial charge is 0.271 e. The number of benzene rings is 2. The summed E-state index contributed by atoms with van der Waals surface area (Å²) >= 11 is 2.92.